The number of nitrogens with one attached hydrogen (secondary N) is 2. The highest BCUT2D eigenvalue weighted by Crippen LogP contribution is 2.27. The Bertz CT molecular complexity index is 670. The van der Waals surface area contributed by atoms with Gasteiger partial charge in [-0.15, -0.1) is 0 Å². The van der Waals surface area contributed by atoms with Gasteiger partial charge in [-0.25, -0.2) is 4.98 Å². The molecule has 5 nitrogen and oxygen atoms in total. The molecule has 0 saturated carbocycles. The maximum absolute atomic E-state index is 11.3. The number of nitrogens with zero attached hydrogens (tertiary/aromatic N) is 1. The Hall–Kier alpha value is -2.56. The predicted molar refractivity (Wildman–Crippen MR) is 81.5 cm³/mol. The number of pyridine rings is 1. The van der Waals surface area contributed by atoms with E-state index in [1.54, 1.807) is 6.20 Å². The Labute approximate surface area is 123 Å². The maximum atomic E-state index is 11.3. The maximum Gasteiger partial charge on any atom is 0.224 e. The zero-order valence-electron chi connectivity index (χ0n) is 11.8. The van der Waals surface area contributed by atoms with Crippen LogP contribution < -0.4 is 15.4 Å². The molecule has 0 fully saturated rings. The largest absolute Gasteiger partial charge is 0.489 e. The quantitative estimate of drug-likeness (QED) is 0.905. The minimum Gasteiger partial charge on any atom is -0.489 e. The van der Waals surface area contributed by atoms with Crippen LogP contribution in [0.15, 0.2) is 36.5 Å². The normalized spacial score (nSPS) is 13.3. The third-order valence-corrected chi connectivity index (χ3v) is 3.46. The van der Waals surface area contributed by atoms with Crippen molar-refractivity contribution in [2.45, 2.75) is 19.4 Å². The van der Waals surface area contributed by atoms with Gasteiger partial charge in [-0.1, -0.05) is 0 Å². The van der Waals surface area contributed by atoms with Gasteiger partial charge < -0.3 is 15.4 Å². The van der Waals surface area contributed by atoms with Gasteiger partial charge >= 0.3 is 0 Å². The smallest absolute Gasteiger partial charge is 0.224 e. The Kier molecular flexibility index (Phi) is 3.73. The molecule has 0 aliphatic carbocycles. The summed E-state index contributed by atoms with van der Waals surface area (Å²) in [6, 6.07) is 9.66. The molecule has 0 unspecified atom stereocenters. The second-order valence-electron chi connectivity index (χ2n) is 4.96. The van der Waals surface area contributed by atoms with Crippen LogP contribution in [0.25, 0.3) is 0 Å². The lowest BCUT2D eigenvalue weighted by Crippen LogP contribution is -2.18. The topological polar surface area (TPSA) is 63.2 Å². The van der Waals surface area contributed by atoms with Crippen LogP contribution in [-0.2, 0) is 17.8 Å². The highest BCUT2D eigenvalue weighted by molar-refractivity contribution is 5.93. The average molecular weight is 283 g/mol. The summed E-state index contributed by atoms with van der Waals surface area (Å²) in [7, 11) is 1.84. The van der Waals surface area contributed by atoms with Crippen molar-refractivity contribution in [1.29, 1.82) is 0 Å². The fourth-order valence-electron chi connectivity index (χ4n) is 2.32. The monoisotopic (exact) mass is 283 g/mol. The van der Waals surface area contributed by atoms with Crippen molar-refractivity contribution in [3.05, 3.63) is 47.7 Å². The molecule has 1 aliphatic rings. The van der Waals surface area contributed by atoms with Crippen molar-refractivity contribution < 1.29 is 9.53 Å². The van der Waals surface area contributed by atoms with Gasteiger partial charge in [0, 0.05) is 25.4 Å². The summed E-state index contributed by atoms with van der Waals surface area (Å²) in [5.74, 6) is 1.71. The number of rotatable bonds is 4. The molecule has 0 radical (unpaired) electrons. The minimum atomic E-state index is 0.0764. The van der Waals surface area contributed by atoms with Crippen LogP contribution in [0, 0.1) is 0 Å². The first kappa shape index (κ1) is 13.4. The van der Waals surface area contributed by atoms with E-state index in [0.29, 0.717) is 13.0 Å². The summed E-state index contributed by atoms with van der Waals surface area (Å²) >= 11 is 0. The molecule has 0 saturated heterocycles. The predicted octanol–water partition coefficient (Wildman–Crippen LogP) is 2.59. The van der Waals surface area contributed by atoms with Crippen molar-refractivity contribution in [2.24, 2.45) is 0 Å². The fourth-order valence-corrected chi connectivity index (χ4v) is 2.32. The average Bonchev–Trinajstić information content (AvgIpc) is 2.53. The zero-order chi connectivity index (χ0) is 14.7. The molecule has 1 amide bonds. The number of carbonyl (C=O) groups excluding carboxylic acids is 1. The molecule has 0 spiro atoms. The number of aromatic nitrogens is 1. The first-order valence-corrected chi connectivity index (χ1v) is 6.93. The number of aryl methyl sites for hydroxylation is 1. The van der Waals surface area contributed by atoms with Crippen molar-refractivity contribution in [1.82, 2.24) is 4.98 Å². The van der Waals surface area contributed by atoms with E-state index >= 15 is 0 Å². The number of fused-ring (bicyclic) bond motifs is 1. The van der Waals surface area contributed by atoms with Crippen molar-refractivity contribution in [3.8, 4) is 5.75 Å². The van der Waals surface area contributed by atoms with Crippen LogP contribution in [0.5, 0.6) is 5.75 Å². The Balaban J connectivity index is 1.69. The van der Waals surface area contributed by atoms with E-state index < -0.39 is 0 Å². The third-order valence-electron chi connectivity index (χ3n) is 3.46. The van der Waals surface area contributed by atoms with Crippen LogP contribution >= 0.6 is 0 Å². The second-order valence-corrected chi connectivity index (χ2v) is 4.96. The summed E-state index contributed by atoms with van der Waals surface area (Å²) in [4.78, 5) is 15.5. The molecule has 0 atom stereocenters. The molecule has 108 valence electrons. The van der Waals surface area contributed by atoms with Crippen molar-refractivity contribution in [3.63, 3.8) is 0 Å². The van der Waals surface area contributed by atoms with Gasteiger partial charge in [0.15, 0.2) is 0 Å². The highest BCUT2D eigenvalue weighted by Gasteiger charge is 2.14. The zero-order valence-corrected chi connectivity index (χ0v) is 11.8. The number of anilines is 2. The van der Waals surface area contributed by atoms with Gasteiger partial charge in [0.1, 0.15) is 18.2 Å². The van der Waals surface area contributed by atoms with Gasteiger partial charge in [0.2, 0.25) is 5.91 Å². The van der Waals surface area contributed by atoms with Crippen LogP contribution in [0.4, 0.5) is 11.5 Å². The van der Waals surface area contributed by atoms with Crippen molar-refractivity contribution in [2.75, 3.05) is 17.7 Å². The number of benzene rings is 1. The summed E-state index contributed by atoms with van der Waals surface area (Å²) in [5, 5.41) is 5.87. The molecule has 2 aromatic rings. The van der Waals surface area contributed by atoms with Gasteiger partial charge in [-0.2, -0.15) is 0 Å². The number of carbonyl (C=O) groups is 1. The Morgan fingerprint density at radius 1 is 1.29 bits per heavy atom. The van der Waals surface area contributed by atoms with Gasteiger partial charge in [0.05, 0.1) is 0 Å². The van der Waals surface area contributed by atoms with E-state index in [9.17, 15) is 4.79 Å². The van der Waals surface area contributed by atoms with Crippen molar-refractivity contribution >= 4 is 17.4 Å². The number of hydrogen-bond acceptors (Lipinski definition) is 4. The van der Waals surface area contributed by atoms with Crippen LogP contribution in [-0.4, -0.2) is 17.9 Å². The van der Waals surface area contributed by atoms with E-state index in [2.05, 4.69) is 15.6 Å². The molecule has 1 aromatic heterocycles. The first-order valence-electron chi connectivity index (χ1n) is 6.93. The lowest BCUT2D eigenvalue weighted by molar-refractivity contribution is -0.116. The molecular formula is C16H17N3O2. The summed E-state index contributed by atoms with van der Waals surface area (Å²) in [6.45, 7) is 0.488. The van der Waals surface area contributed by atoms with E-state index in [1.807, 2.05) is 37.4 Å². The van der Waals surface area contributed by atoms with E-state index in [0.717, 1.165) is 34.8 Å². The third kappa shape index (κ3) is 3.13. The Morgan fingerprint density at radius 2 is 2.19 bits per heavy atom. The standard InChI is InChI=1S/C16H17N3O2/c1-17-15-8-11(6-7-18-15)10-21-13-3-4-14-12(9-13)2-5-16(20)19-14/h3-4,6-9H,2,5,10H2,1H3,(H,17,18)(H,19,20). The molecule has 5 heteroatoms. The van der Waals surface area contributed by atoms with Gasteiger partial charge in [-0.05, 0) is 47.9 Å². The molecule has 2 heterocycles. The molecule has 1 aromatic carbocycles. The van der Waals surface area contributed by atoms with Gasteiger partial charge in [0.25, 0.3) is 0 Å². The summed E-state index contributed by atoms with van der Waals surface area (Å²) in [6.07, 6.45) is 3.05. The van der Waals surface area contributed by atoms with Gasteiger partial charge in [-0.3, -0.25) is 4.79 Å². The summed E-state index contributed by atoms with van der Waals surface area (Å²) < 4.78 is 5.82. The second kappa shape index (κ2) is 5.83. The molecule has 3 rings (SSSR count). The lowest BCUT2D eigenvalue weighted by atomic mass is 10.0. The number of ether oxygens (including phenoxy) is 1. The van der Waals surface area contributed by atoms with Crippen LogP contribution in [0.2, 0.25) is 0 Å². The number of amides is 1. The Morgan fingerprint density at radius 3 is 3.05 bits per heavy atom. The molecule has 2 N–H and O–H groups in total. The van der Waals surface area contributed by atoms with E-state index in [-0.39, 0.29) is 5.91 Å². The molecule has 0 bridgehead atoms. The van der Waals surface area contributed by atoms with E-state index in [1.165, 1.54) is 0 Å². The summed E-state index contributed by atoms with van der Waals surface area (Å²) in [5.41, 5.74) is 3.07. The highest BCUT2D eigenvalue weighted by atomic mass is 16.5. The fraction of sp³-hybridized carbons (Fsp3) is 0.250. The molecule has 21 heavy (non-hydrogen) atoms. The minimum absolute atomic E-state index is 0.0764. The first-order chi connectivity index (χ1) is 10.2. The van der Waals surface area contributed by atoms with Crippen LogP contribution in [0.1, 0.15) is 17.5 Å². The SMILES string of the molecule is CNc1cc(COc2ccc3c(c2)CCC(=O)N3)ccn1. The number of hydrogen-bond donors (Lipinski definition) is 2. The molecule has 1 aliphatic heterocycles. The van der Waals surface area contributed by atoms with Crippen LogP contribution in [0.3, 0.4) is 0 Å². The van der Waals surface area contributed by atoms with E-state index in [4.69, 9.17) is 4.74 Å². The lowest BCUT2D eigenvalue weighted by Gasteiger charge is -2.17. The molecular weight excluding hydrogens is 266 g/mol.